The van der Waals surface area contributed by atoms with Crippen LogP contribution in [0.25, 0.3) is 0 Å². The van der Waals surface area contributed by atoms with Gasteiger partial charge in [0.25, 0.3) is 5.91 Å². The number of carbonyl (C=O) groups excluding carboxylic acids is 1. The lowest BCUT2D eigenvalue weighted by atomic mass is 10.2. The molecule has 0 spiro atoms. The van der Waals surface area contributed by atoms with Crippen LogP contribution in [0.1, 0.15) is 15.9 Å². The first-order chi connectivity index (χ1) is 9.29. The number of amides is 1. The van der Waals surface area contributed by atoms with E-state index in [-0.39, 0.29) is 5.91 Å². The van der Waals surface area contributed by atoms with E-state index in [2.05, 4.69) is 16.2 Å². The Hall–Kier alpha value is -2.17. The molecule has 0 fully saturated rings. The number of hydrogen-bond acceptors (Lipinski definition) is 3. The molecule has 0 bridgehead atoms. The predicted molar refractivity (Wildman–Crippen MR) is 76.7 cm³/mol. The molecule has 0 aliphatic carbocycles. The highest BCUT2D eigenvalue weighted by Crippen LogP contribution is 2.11. The Balaban J connectivity index is 1.98. The van der Waals surface area contributed by atoms with Gasteiger partial charge in [0.05, 0.1) is 0 Å². The molecule has 0 heterocycles. The summed E-state index contributed by atoms with van der Waals surface area (Å²) in [6.45, 7) is 0.739. The van der Waals surface area contributed by atoms with Crippen molar-refractivity contribution < 1.29 is 4.79 Å². The third kappa shape index (κ3) is 3.91. The molecular formula is C15H17N3O. The third-order valence-electron chi connectivity index (χ3n) is 2.72. The van der Waals surface area contributed by atoms with Gasteiger partial charge in [-0.25, -0.2) is 0 Å². The molecule has 0 radical (unpaired) electrons. The maximum atomic E-state index is 11.9. The molecule has 0 aromatic heterocycles. The van der Waals surface area contributed by atoms with Gasteiger partial charge < -0.3 is 5.32 Å². The predicted octanol–water partition coefficient (Wildman–Crippen LogP) is 2.16. The van der Waals surface area contributed by atoms with E-state index >= 15 is 0 Å². The van der Waals surface area contributed by atoms with Crippen LogP contribution >= 0.6 is 0 Å². The van der Waals surface area contributed by atoms with Crippen molar-refractivity contribution in [2.45, 2.75) is 6.54 Å². The lowest BCUT2D eigenvalue weighted by Crippen LogP contribution is -2.26. The first-order valence-corrected chi connectivity index (χ1v) is 6.14. The maximum absolute atomic E-state index is 11.9. The number of hydrogen-bond donors (Lipinski definition) is 3. The smallest absolute Gasteiger partial charge is 0.255 e. The van der Waals surface area contributed by atoms with Crippen LogP contribution in [0.2, 0.25) is 0 Å². The molecule has 0 aliphatic heterocycles. The first kappa shape index (κ1) is 13.3. The van der Waals surface area contributed by atoms with Crippen LogP contribution in [0.15, 0.2) is 54.6 Å². The average molecular weight is 255 g/mol. The second-order valence-corrected chi connectivity index (χ2v) is 4.12. The molecule has 0 aliphatic rings. The SMILES string of the molecule is CNNCc1ccc(NC(=O)c2ccccc2)cc1. The summed E-state index contributed by atoms with van der Waals surface area (Å²) in [7, 11) is 1.83. The lowest BCUT2D eigenvalue weighted by Gasteiger charge is -2.07. The van der Waals surface area contributed by atoms with E-state index in [0.29, 0.717) is 5.56 Å². The summed E-state index contributed by atoms with van der Waals surface area (Å²) >= 11 is 0. The Kier molecular flexibility index (Phi) is 4.66. The second kappa shape index (κ2) is 6.68. The molecule has 4 heteroatoms. The number of hydrazine groups is 1. The zero-order chi connectivity index (χ0) is 13.5. The summed E-state index contributed by atoms with van der Waals surface area (Å²) in [5, 5.41) is 2.87. The van der Waals surface area contributed by atoms with Gasteiger partial charge in [0.1, 0.15) is 0 Å². The number of rotatable bonds is 5. The largest absolute Gasteiger partial charge is 0.322 e. The highest BCUT2D eigenvalue weighted by atomic mass is 16.1. The molecule has 2 aromatic carbocycles. The van der Waals surface area contributed by atoms with E-state index < -0.39 is 0 Å². The van der Waals surface area contributed by atoms with E-state index in [4.69, 9.17) is 0 Å². The van der Waals surface area contributed by atoms with Gasteiger partial charge in [-0.3, -0.25) is 15.6 Å². The Morgan fingerprint density at radius 3 is 2.32 bits per heavy atom. The molecule has 19 heavy (non-hydrogen) atoms. The van der Waals surface area contributed by atoms with Crippen molar-refractivity contribution in [2.24, 2.45) is 0 Å². The van der Waals surface area contributed by atoms with Gasteiger partial charge in [0, 0.05) is 17.8 Å². The Labute approximate surface area is 112 Å². The van der Waals surface area contributed by atoms with Gasteiger partial charge in [-0.1, -0.05) is 30.3 Å². The summed E-state index contributed by atoms with van der Waals surface area (Å²) < 4.78 is 0. The fraction of sp³-hybridized carbons (Fsp3) is 0.133. The second-order valence-electron chi connectivity index (χ2n) is 4.12. The van der Waals surface area contributed by atoms with Crippen molar-refractivity contribution in [3.05, 3.63) is 65.7 Å². The van der Waals surface area contributed by atoms with E-state index in [0.717, 1.165) is 17.8 Å². The molecule has 2 rings (SSSR count). The quantitative estimate of drug-likeness (QED) is 0.718. The van der Waals surface area contributed by atoms with Crippen molar-refractivity contribution in [2.75, 3.05) is 12.4 Å². The monoisotopic (exact) mass is 255 g/mol. The molecule has 1 amide bonds. The number of benzene rings is 2. The molecule has 2 aromatic rings. The first-order valence-electron chi connectivity index (χ1n) is 6.14. The average Bonchev–Trinajstić information content (AvgIpc) is 2.47. The summed E-state index contributed by atoms with van der Waals surface area (Å²) in [4.78, 5) is 11.9. The van der Waals surface area contributed by atoms with Gasteiger partial charge in [-0.15, -0.1) is 0 Å². The Morgan fingerprint density at radius 2 is 1.68 bits per heavy atom. The van der Waals surface area contributed by atoms with Crippen molar-refractivity contribution in [1.82, 2.24) is 10.9 Å². The number of carbonyl (C=O) groups is 1. The van der Waals surface area contributed by atoms with Crippen molar-refractivity contribution >= 4 is 11.6 Å². The van der Waals surface area contributed by atoms with Crippen LogP contribution in [0.4, 0.5) is 5.69 Å². The fourth-order valence-corrected chi connectivity index (χ4v) is 1.69. The van der Waals surface area contributed by atoms with Crippen LogP contribution in [0.5, 0.6) is 0 Å². The lowest BCUT2D eigenvalue weighted by molar-refractivity contribution is 0.102. The summed E-state index contributed by atoms with van der Waals surface area (Å²) in [6, 6.07) is 16.9. The zero-order valence-electron chi connectivity index (χ0n) is 10.8. The third-order valence-corrected chi connectivity index (χ3v) is 2.72. The van der Waals surface area contributed by atoms with Gasteiger partial charge in [-0.2, -0.15) is 0 Å². The van der Waals surface area contributed by atoms with Gasteiger partial charge >= 0.3 is 0 Å². The van der Waals surface area contributed by atoms with Crippen LogP contribution in [-0.4, -0.2) is 13.0 Å². The van der Waals surface area contributed by atoms with Crippen LogP contribution in [0, 0.1) is 0 Å². The highest BCUT2D eigenvalue weighted by Gasteiger charge is 2.04. The van der Waals surface area contributed by atoms with Crippen LogP contribution in [0.3, 0.4) is 0 Å². The van der Waals surface area contributed by atoms with E-state index in [1.165, 1.54) is 0 Å². The standard InChI is InChI=1S/C15H17N3O/c1-16-17-11-12-7-9-14(10-8-12)18-15(19)13-5-3-2-4-6-13/h2-10,16-17H,11H2,1H3,(H,18,19). The topological polar surface area (TPSA) is 53.2 Å². The minimum Gasteiger partial charge on any atom is -0.322 e. The Morgan fingerprint density at radius 1 is 1.00 bits per heavy atom. The fourth-order valence-electron chi connectivity index (χ4n) is 1.69. The van der Waals surface area contributed by atoms with Crippen molar-refractivity contribution in [1.29, 1.82) is 0 Å². The van der Waals surface area contributed by atoms with E-state index in [9.17, 15) is 4.79 Å². The molecule has 0 saturated carbocycles. The van der Waals surface area contributed by atoms with Gasteiger partial charge in [-0.05, 0) is 36.9 Å². The van der Waals surface area contributed by atoms with Crippen LogP contribution in [-0.2, 0) is 6.54 Å². The Bertz CT molecular complexity index is 523. The summed E-state index contributed by atoms with van der Waals surface area (Å²) in [6.07, 6.45) is 0. The molecule has 0 saturated heterocycles. The number of anilines is 1. The molecule has 4 nitrogen and oxygen atoms in total. The highest BCUT2D eigenvalue weighted by molar-refractivity contribution is 6.04. The molecule has 3 N–H and O–H groups in total. The van der Waals surface area contributed by atoms with Gasteiger partial charge in [0.15, 0.2) is 0 Å². The van der Waals surface area contributed by atoms with Crippen molar-refractivity contribution in [3.63, 3.8) is 0 Å². The van der Waals surface area contributed by atoms with E-state index in [1.54, 1.807) is 12.1 Å². The minimum absolute atomic E-state index is 0.0956. The summed E-state index contributed by atoms with van der Waals surface area (Å²) in [5.41, 5.74) is 8.47. The van der Waals surface area contributed by atoms with Gasteiger partial charge in [0.2, 0.25) is 0 Å². The van der Waals surface area contributed by atoms with Crippen molar-refractivity contribution in [3.8, 4) is 0 Å². The number of nitrogens with one attached hydrogen (secondary N) is 3. The van der Waals surface area contributed by atoms with Crippen LogP contribution < -0.4 is 16.2 Å². The zero-order valence-corrected chi connectivity index (χ0v) is 10.8. The minimum atomic E-state index is -0.0956. The molecule has 0 atom stereocenters. The molecular weight excluding hydrogens is 238 g/mol. The summed E-state index contributed by atoms with van der Waals surface area (Å²) in [5.74, 6) is -0.0956. The maximum Gasteiger partial charge on any atom is 0.255 e. The molecule has 0 unspecified atom stereocenters. The normalized spacial score (nSPS) is 10.2. The van der Waals surface area contributed by atoms with E-state index in [1.807, 2.05) is 49.5 Å². The molecule has 98 valence electrons.